The fourth-order valence-corrected chi connectivity index (χ4v) is 3.59. The molecule has 0 aromatic rings. The Labute approximate surface area is 78.6 Å². The summed E-state index contributed by atoms with van der Waals surface area (Å²) in [5.74, 6) is 0.556. The Bertz CT molecular complexity index is 247. The summed E-state index contributed by atoms with van der Waals surface area (Å²) in [7, 11) is 0. The molecule has 0 radical (unpaired) electrons. The van der Waals surface area contributed by atoms with Crippen LogP contribution in [0.5, 0.6) is 0 Å². The molecule has 2 saturated carbocycles. The maximum atomic E-state index is 11.7. The molecule has 72 valence electrons. The number of hydrogen-bond donors (Lipinski definition) is 0. The molecule has 0 unspecified atom stereocenters. The van der Waals surface area contributed by atoms with Gasteiger partial charge in [0.05, 0.1) is 0 Å². The van der Waals surface area contributed by atoms with Gasteiger partial charge in [0, 0.05) is 25.0 Å². The monoisotopic (exact) mass is 180 g/mol. The molecule has 0 N–H and O–H groups in total. The van der Waals surface area contributed by atoms with Gasteiger partial charge in [0.2, 0.25) is 0 Å². The van der Waals surface area contributed by atoms with Crippen molar-refractivity contribution in [3.05, 3.63) is 0 Å². The lowest BCUT2D eigenvalue weighted by Gasteiger charge is -2.64. The van der Waals surface area contributed by atoms with Crippen molar-refractivity contribution >= 4 is 5.78 Å². The minimum absolute atomic E-state index is 0.150. The second kappa shape index (κ2) is 2.35. The number of carbonyl (C=O) groups is 1. The lowest BCUT2D eigenvalue weighted by Crippen LogP contribution is -2.64. The summed E-state index contributed by atoms with van der Waals surface area (Å²) < 4.78 is 5.39. The minimum atomic E-state index is 0.150. The first-order valence-electron chi connectivity index (χ1n) is 5.40. The van der Waals surface area contributed by atoms with Crippen molar-refractivity contribution in [3.63, 3.8) is 0 Å². The number of hydrogen-bond acceptors (Lipinski definition) is 2. The molecule has 0 atom stereocenters. The summed E-state index contributed by atoms with van der Waals surface area (Å²) in [4.78, 5) is 11.7. The molecule has 1 saturated heterocycles. The summed E-state index contributed by atoms with van der Waals surface area (Å²) in [6.07, 6.45) is 6.75. The molecule has 0 bridgehead atoms. The average Bonchev–Trinajstić information content (AvgIpc) is 2.02. The number of ether oxygens (including phenoxy) is 1. The van der Waals surface area contributed by atoms with E-state index < -0.39 is 0 Å². The van der Waals surface area contributed by atoms with Gasteiger partial charge in [-0.3, -0.25) is 4.79 Å². The van der Waals surface area contributed by atoms with Crippen molar-refractivity contribution in [2.45, 2.75) is 38.5 Å². The van der Waals surface area contributed by atoms with E-state index in [9.17, 15) is 4.79 Å². The fourth-order valence-electron chi connectivity index (χ4n) is 3.59. The predicted octanol–water partition coefficient (Wildman–Crippen LogP) is 1.93. The molecule has 2 heteroatoms. The summed E-state index contributed by atoms with van der Waals surface area (Å²) in [6.45, 7) is 1.77. The standard InChI is InChI=1S/C11H16O2/c12-9-8-10(4-6-13-7-5-10)11(9)2-1-3-11/h1-8H2. The Morgan fingerprint density at radius 2 is 1.77 bits per heavy atom. The van der Waals surface area contributed by atoms with Crippen LogP contribution in [0.15, 0.2) is 0 Å². The Balaban J connectivity index is 1.87. The summed E-state index contributed by atoms with van der Waals surface area (Å²) in [6, 6.07) is 0. The fraction of sp³-hybridized carbons (Fsp3) is 0.909. The smallest absolute Gasteiger partial charge is 0.140 e. The van der Waals surface area contributed by atoms with Gasteiger partial charge in [-0.1, -0.05) is 6.42 Å². The molecule has 3 fully saturated rings. The van der Waals surface area contributed by atoms with Crippen LogP contribution in [0.3, 0.4) is 0 Å². The zero-order chi connectivity index (χ0) is 8.94. The molecule has 0 aromatic carbocycles. The second-order valence-corrected chi connectivity index (χ2v) is 4.93. The number of carbonyl (C=O) groups excluding carboxylic acids is 1. The first-order valence-corrected chi connectivity index (χ1v) is 5.40. The van der Waals surface area contributed by atoms with Gasteiger partial charge in [-0.15, -0.1) is 0 Å². The van der Waals surface area contributed by atoms with Crippen LogP contribution in [0.25, 0.3) is 0 Å². The van der Waals surface area contributed by atoms with Crippen LogP contribution in [0.1, 0.15) is 38.5 Å². The normalized spacial score (nSPS) is 34.3. The van der Waals surface area contributed by atoms with Gasteiger partial charge >= 0.3 is 0 Å². The Morgan fingerprint density at radius 3 is 2.23 bits per heavy atom. The van der Waals surface area contributed by atoms with Crippen molar-refractivity contribution in [1.29, 1.82) is 0 Å². The van der Waals surface area contributed by atoms with Crippen molar-refractivity contribution in [2.24, 2.45) is 10.8 Å². The molecule has 1 aliphatic heterocycles. The van der Waals surface area contributed by atoms with Crippen molar-refractivity contribution < 1.29 is 9.53 Å². The third-order valence-electron chi connectivity index (χ3n) is 4.70. The Morgan fingerprint density at radius 1 is 1.08 bits per heavy atom. The van der Waals surface area contributed by atoms with Crippen LogP contribution in [0.4, 0.5) is 0 Å². The molecule has 2 aliphatic carbocycles. The van der Waals surface area contributed by atoms with Crippen LogP contribution in [-0.2, 0) is 9.53 Å². The molecule has 13 heavy (non-hydrogen) atoms. The quantitative estimate of drug-likeness (QED) is 0.569. The van der Waals surface area contributed by atoms with Crippen molar-refractivity contribution in [2.75, 3.05) is 13.2 Å². The van der Waals surface area contributed by atoms with Crippen LogP contribution in [-0.4, -0.2) is 19.0 Å². The molecule has 3 rings (SSSR count). The summed E-state index contributed by atoms with van der Waals surface area (Å²) >= 11 is 0. The Kier molecular flexibility index (Phi) is 1.44. The van der Waals surface area contributed by atoms with Crippen molar-refractivity contribution in [1.82, 2.24) is 0 Å². The van der Waals surface area contributed by atoms with Gasteiger partial charge in [-0.05, 0) is 31.1 Å². The highest BCUT2D eigenvalue weighted by Crippen LogP contribution is 2.68. The molecule has 3 aliphatic rings. The third-order valence-corrected chi connectivity index (χ3v) is 4.70. The van der Waals surface area contributed by atoms with Gasteiger partial charge < -0.3 is 4.74 Å². The number of Topliss-reactive ketones (excluding diaryl/α,β-unsaturated/α-hetero) is 1. The SMILES string of the molecule is O=C1CC2(CCOCC2)C12CCC2. The van der Waals surface area contributed by atoms with Gasteiger partial charge in [0.1, 0.15) is 5.78 Å². The first-order chi connectivity index (χ1) is 6.29. The van der Waals surface area contributed by atoms with Gasteiger partial charge in [-0.2, -0.15) is 0 Å². The van der Waals surface area contributed by atoms with Crippen LogP contribution < -0.4 is 0 Å². The van der Waals surface area contributed by atoms with E-state index in [-0.39, 0.29) is 5.41 Å². The molecular weight excluding hydrogens is 164 g/mol. The van der Waals surface area contributed by atoms with Crippen LogP contribution in [0.2, 0.25) is 0 Å². The molecular formula is C11H16O2. The van der Waals surface area contributed by atoms with Crippen LogP contribution in [0, 0.1) is 10.8 Å². The minimum Gasteiger partial charge on any atom is -0.381 e. The van der Waals surface area contributed by atoms with E-state index in [0.717, 1.165) is 32.5 Å². The van der Waals surface area contributed by atoms with E-state index in [2.05, 4.69) is 0 Å². The zero-order valence-corrected chi connectivity index (χ0v) is 7.97. The number of rotatable bonds is 0. The highest BCUT2D eigenvalue weighted by atomic mass is 16.5. The average molecular weight is 180 g/mol. The highest BCUT2D eigenvalue weighted by molar-refractivity contribution is 5.94. The third kappa shape index (κ3) is 0.762. The molecule has 0 amide bonds. The van der Waals surface area contributed by atoms with E-state index in [1.807, 2.05) is 0 Å². The Hall–Kier alpha value is -0.370. The van der Waals surface area contributed by atoms with Crippen molar-refractivity contribution in [3.8, 4) is 0 Å². The summed E-state index contributed by atoms with van der Waals surface area (Å²) in [5.41, 5.74) is 0.539. The number of fused-ring (bicyclic) bond motifs is 1. The van der Waals surface area contributed by atoms with Gasteiger partial charge in [0.15, 0.2) is 0 Å². The van der Waals surface area contributed by atoms with Crippen LogP contribution >= 0.6 is 0 Å². The lowest BCUT2D eigenvalue weighted by atomic mass is 9.39. The molecule has 1 heterocycles. The molecule has 2 spiro atoms. The van der Waals surface area contributed by atoms with E-state index in [0.29, 0.717) is 11.2 Å². The topological polar surface area (TPSA) is 26.3 Å². The predicted molar refractivity (Wildman–Crippen MR) is 48.4 cm³/mol. The lowest BCUT2D eigenvalue weighted by molar-refractivity contribution is -0.192. The first kappa shape index (κ1) is 7.98. The van der Waals surface area contributed by atoms with E-state index >= 15 is 0 Å². The van der Waals surface area contributed by atoms with E-state index in [4.69, 9.17) is 4.74 Å². The maximum absolute atomic E-state index is 11.7. The maximum Gasteiger partial charge on any atom is 0.140 e. The zero-order valence-electron chi connectivity index (χ0n) is 7.97. The molecule has 2 nitrogen and oxygen atoms in total. The number of ketones is 1. The largest absolute Gasteiger partial charge is 0.381 e. The summed E-state index contributed by atoms with van der Waals surface area (Å²) in [5, 5.41) is 0. The van der Waals surface area contributed by atoms with E-state index in [1.54, 1.807) is 0 Å². The van der Waals surface area contributed by atoms with E-state index in [1.165, 1.54) is 19.3 Å². The highest BCUT2D eigenvalue weighted by Gasteiger charge is 2.67. The van der Waals surface area contributed by atoms with Gasteiger partial charge in [-0.25, -0.2) is 0 Å². The van der Waals surface area contributed by atoms with Gasteiger partial charge in [0.25, 0.3) is 0 Å². The molecule has 0 aromatic heterocycles. The second-order valence-electron chi connectivity index (χ2n) is 4.93.